The molecule has 0 aromatic heterocycles. The number of hydrogen-bond donors (Lipinski definition) is 2. The molecule has 25 heavy (non-hydrogen) atoms. The van der Waals surface area contributed by atoms with Gasteiger partial charge >= 0.3 is 0 Å². The van der Waals surface area contributed by atoms with E-state index in [1.807, 2.05) is 0 Å². The number of hydrazine groups is 1. The van der Waals surface area contributed by atoms with Crippen LogP contribution in [0.1, 0.15) is 31.1 Å². The Morgan fingerprint density at radius 2 is 1.36 bits per heavy atom. The summed E-state index contributed by atoms with van der Waals surface area (Å²) in [6.45, 7) is 0. The highest BCUT2D eigenvalue weighted by Crippen LogP contribution is 2.44. The van der Waals surface area contributed by atoms with Crippen LogP contribution in [0.15, 0.2) is 24.3 Å². The molecule has 3 amide bonds. The van der Waals surface area contributed by atoms with Gasteiger partial charge in [-0.1, -0.05) is 58.5 Å². The van der Waals surface area contributed by atoms with Crippen molar-refractivity contribution in [1.82, 2.24) is 10.4 Å². The molecule has 0 fully saturated rings. The highest BCUT2D eigenvalue weighted by Gasteiger charge is 2.42. The van der Waals surface area contributed by atoms with E-state index in [4.69, 9.17) is 46.4 Å². The zero-order chi connectivity index (χ0) is 18.5. The number of phenols is 1. The largest absolute Gasteiger partial charge is 0.507 e. The molecule has 1 aliphatic heterocycles. The molecule has 2 aromatic rings. The number of carbonyl (C=O) groups is 3. The molecule has 1 aliphatic rings. The van der Waals surface area contributed by atoms with Crippen LogP contribution in [0.3, 0.4) is 0 Å². The number of para-hydroxylation sites is 1. The first kappa shape index (κ1) is 17.8. The minimum absolute atomic E-state index is 0.132. The van der Waals surface area contributed by atoms with Gasteiger partial charge in [-0.25, -0.2) is 0 Å². The third kappa shape index (κ3) is 2.71. The summed E-state index contributed by atoms with van der Waals surface area (Å²) in [6, 6.07) is 5.61. The van der Waals surface area contributed by atoms with Gasteiger partial charge in [0, 0.05) is 0 Å². The predicted molar refractivity (Wildman–Crippen MR) is 92.6 cm³/mol. The van der Waals surface area contributed by atoms with Crippen molar-refractivity contribution in [3.8, 4) is 5.75 Å². The van der Waals surface area contributed by atoms with E-state index < -0.39 is 17.7 Å². The lowest BCUT2D eigenvalue weighted by atomic mass is 10.1. The number of amides is 3. The summed E-state index contributed by atoms with van der Waals surface area (Å²) in [6.07, 6.45) is 0. The number of aromatic hydroxyl groups is 1. The van der Waals surface area contributed by atoms with E-state index in [9.17, 15) is 19.5 Å². The fourth-order valence-electron chi connectivity index (χ4n) is 2.28. The second kappa shape index (κ2) is 6.38. The molecule has 2 aromatic carbocycles. The summed E-state index contributed by atoms with van der Waals surface area (Å²) >= 11 is 23.8. The highest BCUT2D eigenvalue weighted by molar-refractivity contribution is 6.55. The Kier molecular flexibility index (Phi) is 4.55. The lowest BCUT2D eigenvalue weighted by molar-refractivity contribution is 0.0517. The molecule has 0 saturated heterocycles. The third-order valence-corrected chi connectivity index (χ3v) is 5.27. The first-order valence-corrected chi connectivity index (χ1v) is 8.10. The molecule has 128 valence electrons. The Balaban J connectivity index is 2.01. The number of hydrogen-bond acceptors (Lipinski definition) is 4. The molecule has 0 unspecified atom stereocenters. The van der Waals surface area contributed by atoms with E-state index >= 15 is 0 Å². The van der Waals surface area contributed by atoms with Gasteiger partial charge < -0.3 is 5.11 Å². The van der Waals surface area contributed by atoms with Crippen molar-refractivity contribution >= 4 is 64.1 Å². The second-order valence-electron chi connectivity index (χ2n) is 4.91. The van der Waals surface area contributed by atoms with E-state index in [-0.39, 0.29) is 42.5 Å². The number of phenolic OH excluding ortho intramolecular Hbond substituents is 1. The summed E-state index contributed by atoms with van der Waals surface area (Å²) in [5.41, 5.74) is 1.45. The summed E-state index contributed by atoms with van der Waals surface area (Å²) in [5.74, 6) is -3.04. The van der Waals surface area contributed by atoms with Crippen molar-refractivity contribution in [1.29, 1.82) is 0 Å². The minimum atomic E-state index is -0.922. The Morgan fingerprint density at radius 3 is 1.84 bits per heavy atom. The Bertz CT molecular complexity index is 914. The average Bonchev–Trinajstić information content (AvgIpc) is 2.83. The van der Waals surface area contributed by atoms with E-state index in [2.05, 4.69) is 5.43 Å². The number of halogens is 4. The number of imide groups is 1. The summed E-state index contributed by atoms with van der Waals surface area (Å²) in [7, 11) is 0. The molecular formula is C15H6Cl4N2O4. The van der Waals surface area contributed by atoms with Crippen LogP contribution >= 0.6 is 46.4 Å². The standard InChI is InChI=1S/C15H6Cl4N2O4/c16-9-7-8(10(17)12(19)11(9)18)15(25)21(14(7)24)20-13(23)5-3-1-2-4-6(5)22/h1-4,22H,(H,20,23). The van der Waals surface area contributed by atoms with Crippen LogP contribution in [0, 0.1) is 0 Å². The van der Waals surface area contributed by atoms with Crippen LogP contribution in [0.25, 0.3) is 0 Å². The monoisotopic (exact) mass is 418 g/mol. The quantitative estimate of drug-likeness (QED) is 0.438. The first-order chi connectivity index (χ1) is 11.8. The topological polar surface area (TPSA) is 86.7 Å². The van der Waals surface area contributed by atoms with Gasteiger partial charge in [-0.05, 0) is 12.1 Å². The molecule has 1 heterocycles. The van der Waals surface area contributed by atoms with Gasteiger partial charge in [-0.2, -0.15) is 5.01 Å². The van der Waals surface area contributed by atoms with Gasteiger partial charge in [0.2, 0.25) is 0 Å². The zero-order valence-electron chi connectivity index (χ0n) is 11.9. The van der Waals surface area contributed by atoms with Crippen LogP contribution in [0.2, 0.25) is 20.1 Å². The smallest absolute Gasteiger partial charge is 0.282 e. The van der Waals surface area contributed by atoms with Crippen molar-refractivity contribution in [2.75, 3.05) is 0 Å². The van der Waals surface area contributed by atoms with E-state index in [1.165, 1.54) is 24.3 Å². The maximum atomic E-state index is 12.5. The van der Waals surface area contributed by atoms with Gasteiger partial charge in [0.15, 0.2) is 0 Å². The van der Waals surface area contributed by atoms with Crippen LogP contribution in [0.5, 0.6) is 5.75 Å². The number of carbonyl (C=O) groups excluding carboxylic acids is 3. The average molecular weight is 420 g/mol. The van der Waals surface area contributed by atoms with Gasteiger partial charge in [-0.3, -0.25) is 19.8 Å². The SMILES string of the molecule is O=C(NN1C(=O)c2c(Cl)c(Cl)c(Cl)c(Cl)c2C1=O)c1ccccc1O. The van der Waals surface area contributed by atoms with E-state index in [0.29, 0.717) is 5.01 Å². The van der Waals surface area contributed by atoms with Crippen LogP contribution in [0.4, 0.5) is 0 Å². The molecule has 2 N–H and O–H groups in total. The molecule has 10 heteroatoms. The van der Waals surface area contributed by atoms with E-state index in [1.54, 1.807) is 0 Å². The third-order valence-electron chi connectivity index (χ3n) is 3.46. The van der Waals surface area contributed by atoms with Gasteiger partial charge in [-0.15, -0.1) is 0 Å². The Morgan fingerprint density at radius 1 is 0.880 bits per heavy atom. The number of benzene rings is 2. The normalized spacial score (nSPS) is 13.2. The molecule has 0 aliphatic carbocycles. The maximum absolute atomic E-state index is 12.5. The molecule has 0 saturated carbocycles. The fraction of sp³-hybridized carbons (Fsp3) is 0. The molecule has 0 spiro atoms. The summed E-state index contributed by atoms with van der Waals surface area (Å²) in [5, 5.41) is 9.28. The van der Waals surface area contributed by atoms with E-state index in [0.717, 1.165) is 0 Å². The first-order valence-electron chi connectivity index (χ1n) is 6.59. The minimum Gasteiger partial charge on any atom is -0.507 e. The number of nitrogens with one attached hydrogen (secondary N) is 1. The molecule has 0 bridgehead atoms. The van der Waals surface area contributed by atoms with Crippen molar-refractivity contribution in [3.63, 3.8) is 0 Å². The Hall–Kier alpha value is -1.99. The highest BCUT2D eigenvalue weighted by atomic mass is 35.5. The lowest BCUT2D eigenvalue weighted by Crippen LogP contribution is -2.45. The molecule has 6 nitrogen and oxygen atoms in total. The maximum Gasteiger partial charge on any atom is 0.282 e. The predicted octanol–water partition coefficient (Wildman–Crippen LogP) is 3.95. The molecule has 0 atom stereocenters. The van der Waals surface area contributed by atoms with Crippen molar-refractivity contribution < 1.29 is 19.5 Å². The lowest BCUT2D eigenvalue weighted by Gasteiger charge is -2.15. The fourth-order valence-corrected chi connectivity index (χ4v) is 3.29. The number of rotatable bonds is 2. The van der Waals surface area contributed by atoms with Crippen LogP contribution < -0.4 is 5.43 Å². The molecular weight excluding hydrogens is 414 g/mol. The van der Waals surface area contributed by atoms with Crippen LogP contribution in [-0.2, 0) is 0 Å². The van der Waals surface area contributed by atoms with Gasteiger partial charge in [0.1, 0.15) is 5.75 Å². The van der Waals surface area contributed by atoms with Crippen molar-refractivity contribution in [3.05, 3.63) is 61.0 Å². The van der Waals surface area contributed by atoms with Crippen molar-refractivity contribution in [2.24, 2.45) is 0 Å². The molecule has 3 rings (SSSR count). The summed E-state index contributed by atoms with van der Waals surface area (Å²) < 4.78 is 0. The van der Waals surface area contributed by atoms with Crippen LogP contribution in [-0.4, -0.2) is 27.8 Å². The Labute approximate surface area is 160 Å². The van der Waals surface area contributed by atoms with Gasteiger partial charge in [0.05, 0.1) is 36.8 Å². The van der Waals surface area contributed by atoms with Gasteiger partial charge in [0.25, 0.3) is 17.7 Å². The van der Waals surface area contributed by atoms with Crippen molar-refractivity contribution in [2.45, 2.75) is 0 Å². The second-order valence-corrected chi connectivity index (χ2v) is 6.42. The number of fused-ring (bicyclic) bond motifs is 1. The number of nitrogens with zero attached hydrogens (tertiary/aromatic N) is 1. The summed E-state index contributed by atoms with van der Waals surface area (Å²) in [4.78, 5) is 37.2. The molecule has 0 radical (unpaired) electrons. The zero-order valence-corrected chi connectivity index (χ0v) is 15.0.